The number of anilines is 1. The molecule has 4 aromatic heterocycles. The van der Waals surface area contributed by atoms with Crippen LogP contribution in [0, 0.1) is 0 Å². The summed E-state index contributed by atoms with van der Waals surface area (Å²) in [6.07, 6.45) is 2.61. The van der Waals surface area contributed by atoms with Gasteiger partial charge in [0.2, 0.25) is 17.7 Å². The Labute approximate surface area is 174 Å². The molecule has 1 saturated heterocycles. The molecule has 4 aromatic rings. The van der Waals surface area contributed by atoms with Gasteiger partial charge in [-0.2, -0.15) is 11.3 Å². The third-order valence-corrected chi connectivity index (χ3v) is 6.57. The molecule has 29 heavy (non-hydrogen) atoms. The van der Waals surface area contributed by atoms with Crippen molar-refractivity contribution in [3.05, 3.63) is 41.0 Å². The van der Waals surface area contributed by atoms with E-state index in [1.54, 1.807) is 28.9 Å². The highest BCUT2D eigenvalue weighted by molar-refractivity contribution is 7.21. The standard InChI is InChI=1S/C19H18N6O2S2/c26-16(4-3-15-22-23-17(27-15)13-5-11-28-12-13)24-7-9-25(10-8-24)19-21-14-2-1-6-20-18(14)29-19/h1-2,5-6,11-12H,3-4,7-10H2. The molecule has 0 radical (unpaired) electrons. The lowest BCUT2D eigenvalue weighted by atomic mass is 10.2. The summed E-state index contributed by atoms with van der Waals surface area (Å²) in [7, 11) is 0. The molecule has 8 nitrogen and oxygen atoms in total. The largest absolute Gasteiger partial charge is 0.421 e. The maximum Gasteiger partial charge on any atom is 0.248 e. The van der Waals surface area contributed by atoms with E-state index in [9.17, 15) is 4.79 Å². The third kappa shape index (κ3) is 3.85. The molecule has 1 aliphatic rings. The summed E-state index contributed by atoms with van der Waals surface area (Å²) in [4.78, 5) is 26.7. The maximum absolute atomic E-state index is 12.6. The molecule has 1 aliphatic heterocycles. The smallest absolute Gasteiger partial charge is 0.248 e. The molecule has 5 rings (SSSR count). The SMILES string of the molecule is O=C(CCc1nnc(-c2ccsc2)o1)N1CCN(c2nc3cccnc3s2)CC1. The normalized spacial score (nSPS) is 14.6. The average molecular weight is 427 g/mol. The lowest BCUT2D eigenvalue weighted by Crippen LogP contribution is -2.48. The molecule has 0 unspecified atom stereocenters. The van der Waals surface area contributed by atoms with Crippen molar-refractivity contribution in [1.82, 2.24) is 25.1 Å². The van der Waals surface area contributed by atoms with Crippen molar-refractivity contribution in [1.29, 1.82) is 0 Å². The first-order chi connectivity index (χ1) is 14.3. The predicted octanol–water partition coefficient (Wildman–Crippen LogP) is 3.08. The summed E-state index contributed by atoms with van der Waals surface area (Å²) >= 11 is 3.18. The lowest BCUT2D eigenvalue weighted by molar-refractivity contribution is -0.131. The monoisotopic (exact) mass is 426 g/mol. The van der Waals surface area contributed by atoms with Crippen LogP contribution in [-0.4, -0.2) is 57.2 Å². The first-order valence-electron chi connectivity index (χ1n) is 9.35. The van der Waals surface area contributed by atoms with Crippen LogP contribution in [0.3, 0.4) is 0 Å². The summed E-state index contributed by atoms with van der Waals surface area (Å²) in [5, 5.41) is 13.0. The fraction of sp³-hybridized carbons (Fsp3) is 0.316. The summed E-state index contributed by atoms with van der Waals surface area (Å²) in [5.41, 5.74) is 1.84. The van der Waals surface area contributed by atoms with E-state index in [0.717, 1.165) is 34.1 Å². The van der Waals surface area contributed by atoms with Gasteiger partial charge < -0.3 is 14.2 Å². The van der Waals surface area contributed by atoms with Gasteiger partial charge in [-0.25, -0.2) is 9.97 Å². The van der Waals surface area contributed by atoms with Gasteiger partial charge >= 0.3 is 0 Å². The van der Waals surface area contributed by atoms with E-state index in [4.69, 9.17) is 4.42 Å². The molecule has 0 atom stereocenters. The first kappa shape index (κ1) is 18.2. The van der Waals surface area contributed by atoms with Crippen LogP contribution in [0.1, 0.15) is 12.3 Å². The second-order valence-corrected chi connectivity index (χ2v) is 8.44. The molecule has 0 saturated carbocycles. The summed E-state index contributed by atoms with van der Waals surface area (Å²) in [6.45, 7) is 2.92. The van der Waals surface area contributed by atoms with Gasteiger partial charge in [0.25, 0.3) is 0 Å². The Hall–Kier alpha value is -2.85. The number of aryl methyl sites for hydroxylation is 1. The minimum atomic E-state index is 0.117. The molecule has 1 fully saturated rings. The van der Waals surface area contributed by atoms with Crippen LogP contribution in [0.2, 0.25) is 0 Å². The molecule has 1 amide bonds. The molecule has 148 valence electrons. The van der Waals surface area contributed by atoms with Crippen LogP contribution in [-0.2, 0) is 11.2 Å². The number of carbonyl (C=O) groups is 1. The zero-order valence-corrected chi connectivity index (χ0v) is 17.2. The van der Waals surface area contributed by atoms with E-state index in [-0.39, 0.29) is 5.91 Å². The number of pyridine rings is 1. The number of piperazine rings is 1. The van der Waals surface area contributed by atoms with Gasteiger partial charge in [-0.1, -0.05) is 11.3 Å². The van der Waals surface area contributed by atoms with Crippen LogP contribution in [0.5, 0.6) is 0 Å². The summed E-state index contributed by atoms with van der Waals surface area (Å²) in [5.74, 6) is 1.12. The van der Waals surface area contributed by atoms with E-state index in [0.29, 0.717) is 37.7 Å². The molecule has 10 heteroatoms. The Bertz CT molecular complexity index is 1080. The van der Waals surface area contributed by atoms with Gasteiger partial charge in [0.15, 0.2) is 5.13 Å². The predicted molar refractivity (Wildman–Crippen MR) is 112 cm³/mol. The van der Waals surface area contributed by atoms with Gasteiger partial charge in [0.05, 0.1) is 0 Å². The van der Waals surface area contributed by atoms with E-state index in [1.165, 1.54) is 0 Å². The Morgan fingerprint density at radius 1 is 1.17 bits per heavy atom. The van der Waals surface area contributed by atoms with Crippen LogP contribution in [0.25, 0.3) is 21.8 Å². The van der Waals surface area contributed by atoms with Crippen molar-refractivity contribution in [2.75, 3.05) is 31.1 Å². The Balaban J connectivity index is 1.14. The first-order valence-corrected chi connectivity index (χ1v) is 11.1. The van der Waals surface area contributed by atoms with Crippen molar-refractivity contribution in [2.24, 2.45) is 0 Å². The van der Waals surface area contributed by atoms with Crippen molar-refractivity contribution in [2.45, 2.75) is 12.8 Å². The number of rotatable bonds is 5. The van der Waals surface area contributed by atoms with Crippen molar-refractivity contribution in [3.63, 3.8) is 0 Å². The highest BCUT2D eigenvalue weighted by Gasteiger charge is 2.23. The zero-order chi connectivity index (χ0) is 19.6. The fourth-order valence-corrected chi connectivity index (χ4v) is 4.86. The van der Waals surface area contributed by atoms with Crippen molar-refractivity contribution >= 4 is 44.1 Å². The third-order valence-electron chi connectivity index (χ3n) is 4.85. The van der Waals surface area contributed by atoms with E-state index in [2.05, 4.69) is 25.1 Å². The number of hydrogen-bond acceptors (Lipinski definition) is 9. The second-order valence-electron chi connectivity index (χ2n) is 6.70. The van der Waals surface area contributed by atoms with E-state index < -0.39 is 0 Å². The number of nitrogens with zero attached hydrogens (tertiary/aromatic N) is 6. The van der Waals surface area contributed by atoms with Gasteiger partial charge in [0, 0.05) is 56.2 Å². The van der Waals surface area contributed by atoms with E-state index >= 15 is 0 Å². The van der Waals surface area contributed by atoms with Gasteiger partial charge in [0.1, 0.15) is 10.3 Å². The summed E-state index contributed by atoms with van der Waals surface area (Å²) in [6, 6.07) is 5.81. The molecule has 0 bridgehead atoms. The van der Waals surface area contributed by atoms with E-state index in [1.807, 2.05) is 33.9 Å². The average Bonchev–Trinajstić information content (AvgIpc) is 3.52. The molecule has 0 aromatic carbocycles. The Morgan fingerprint density at radius 2 is 2.07 bits per heavy atom. The van der Waals surface area contributed by atoms with Crippen LogP contribution < -0.4 is 4.90 Å². The van der Waals surface area contributed by atoms with Crippen LogP contribution in [0.4, 0.5) is 5.13 Å². The zero-order valence-electron chi connectivity index (χ0n) is 15.5. The highest BCUT2D eigenvalue weighted by atomic mass is 32.1. The molecular weight excluding hydrogens is 408 g/mol. The van der Waals surface area contributed by atoms with Gasteiger partial charge in [-0.05, 0) is 23.6 Å². The number of amides is 1. The Morgan fingerprint density at radius 3 is 2.86 bits per heavy atom. The molecule has 0 N–H and O–H groups in total. The van der Waals surface area contributed by atoms with Gasteiger partial charge in [-0.3, -0.25) is 4.79 Å². The van der Waals surface area contributed by atoms with Crippen LogP contribution in [0.15, 0.2) is 39.6 Å². The summed E-state index contributed by atoms with van der Waals surface area (Å²) < 4.78 is 5.66. The minimum absolute atomic E-state index is 0.117. The number of aromatic nitrogens is 4. The van der Waals surface area contributed by atoms with Gasteiger partial charge in [-0.15, -0.1) is 10.2 Å². The second kappa shape index (κ2) is 7.88. The molecule has 5 heterocycles. The molecule has 0 aliphatic carbocycles. The number of carbonyl (C=O) groups excluding carboxylic acids is 1. The number of thiophene rings is 1. The molecule has 0 spiro atoms. The van der Waals surface area contributed by atoms with Crippen molar-refractivity contribution < 1.29 is 9.21 Å². The Kier molecular flexibility index (Phi) is 4.94. The highest BCUT2D eigenvalue weighted by Crippen LogP contribution is 2.27. The number of thiazole rings is 1. The quantitative estimate of drug-likeness (QED) is 0.484. The fourth-order valence-electron chi connectivity index (χ4n) is 3.27. The van der Waals surface area contributed by atoms with Crippen molar-refractivity contribution in [3.8, 4) is 11.5 Å². The minimum Gasteiger partial charge on any atom is -0.421 e. The topological polar surface area (TPSA) is 88.3 Å². The lowest BCUT2D eigenvalue weighted by Gasteiger charge is -2.34. The number of hydrogen-bond donors (Lipinski definition) is 0. The van der Waals surface area contributed by atoms with Crippen LogP contribution >= 0.6 is 22.7 Å². The molecular formula is C19H18N6O2S2. The number of fused-ring (bicyclic) bond motifs is 1. The maximum atomic E-state index is 12.6.